The van der Waals surface area contributed by atoms with Gasteiger partial charge in [0.25, 0.3) is 0 Å². The maximum Gasteiger partial charge on any atom is 0.242 e. The number of nitrogens with zero attached hydrogens (tertiary/aromatic N) is 1. The van der Waals surface area contributed by atoms with Crippen LogP contribution in [0.25, 0.3) is 0 Å². The van der Waals surface area contributed by atoms with Crippen LogP contribution in [-0.2, 0) is 21.9 Å². The molecule has 31 heavy (non-hydrogen) atoms. The molecule has 0 unspecified atom stereocenters. The van der Waals surface area contributed by atoms with Crippen molar-refractivity contribution in [3.63, 3.8) is 0 Å². The number of thioether (sulfide) groups is 1. The van der Waals surface area contributed by atoms with Gasteiger partial charge in [-0.3, -0.25) is 9.59 Å². The van der Waals surface area contributed by atoms with Crippen LogP contribution in [0.5, 0.6) is 0 Å². The minimum Gasteiger partial charge on any atom is -0.352 e. The number of nitrogens with one attached hydrogen (secondary N) is 1. The molecule has 0 aliphatic heterocycles. The zero-order valence-electron chi connectivity index (χ0n) is 17.7. The van der Waals surface area contributed by atoms with E-state index in [1.807, 2.05) is 43.3 Å². The molecule has 166 valence electrons. The van der Waals surface area contributed by atoms with Crippen LogP contribution in [0.15, 0.2) is 57.5 Å². The van der Waals surface area contributed by atoms with Gasteiger partial charge in [0, 0.05) is 27.3 Å². The zero-order chi connectivity index (χ0) is 22.2. The minimum atomic E-state index is -0.509. The molecule has 1 fully saturated rings. The number of rotatable bonds is 9. The Kier molecular flexibility index (Phi) is 9.48. The molecule has 1 saturated carbocycles. The van der Waals surface area contributed by atoms with Crippen molar-refractivity contribution in [1.82, 2.24) is 10.2 Å². The van der Waals surface area contributed by atoms with Gasteiger partial charge in [-0.25, -0.2) is 0 Å². The van der Waals surface area contributed by atoms with Crippen LogP contribution in [0.3, 0.4) is 0 Å². The number of halogens is 2. The van der Waals surface area contributed by atoms with Crippen LogP contribution in [-0.4, -0.2) is 34.6 Å². The monoisotopic (exact) mass is 566 g/mol. The molecule has 2 aromatic rings. The summed E-state index contributed by atoms with van der Waals surface area (Å²) in [5.41, 5.74) is 2.18. The van der Waals surface area contributed by atoms with Crippen molar-refractivity contribution < 1.29 is 9.59 Å². The van der Waals surface area contributed by atoms with E-state index in [4.69, 9.17) is 0 Å². The van der Waals surface area contributed by atoms with Crippen molar-refractivity contribution in [3.05, 3.63) is 68.6 Å². The summed E-state index contributed by atoms with van der Waals surface area (Å²) in [4.78, 5) is 27.8. The highest BCUT2D eigenvalue weighted by molar-refractivity contribution is 9.10. The summed E-state index contributed by atoms with van der Waals surface area (Å²) >= 11 is 8.47. The first-order valence-electron chi connectivity index (χ1n) is 10.6. The van der Waals surface area contributed by atoms with Gasteiger partial charge in [0.2, 0.25) is 11.8 Å². The fourth-order valence-electron chi connectivity index (χ4n) is 3.68. The smallest absolute Gasteiger partial charge is 0.242 e. The third-order valence-electron chi connectivity index (χ3n) is 5.54. The van der Waals surface area contributed by atoms with Gasteiger partial charge in [-0.2, -0.15) is 0 Å². The van der Waals surface area contributed by atoms with Crippen LogP contribution in [0, 0.1) is 0 Å². The first-order valence-corrected chi connectivity index (χ1v) is 13.3. The van der Waals surface area contributed by atoms with Gasteiger partial charge in [0.1, 0.15) is 6.04 Å². The molecule has 4 nitrogen and oxygen atoms in total. The van der Waals surface area contributed by atoms with E-state index >= 15 is 0 Å². The molecule has 0 bridgehead atoms. The molecule has 0 heterocycles. The van der Waals surface area contributed by atoms with E-state index in [1.54, 1.807) is 16.7 Å². The van der Waals surface area contributed by atoms with E-state index in [0.29, 0.717) is 12.3 Å². The Labute approximate surface area is 205 Å². The fourth-order valence-corrected chi connectivity index (χ4v) is 5.08. The van der Waals surface area contributed by atoms with Crippen LogP contribution in [0.4, 0.5) is 0 Å². The number of hydrogen-bond acceptors (Lipinski definition) is 3. The maximum atomic E-state index is 13.2. The number of carbonyl (C=O) groups is 2. The minimum absolute atomic E-state index is 0.0147. The number of amides is 2. The molecule has 2 aromatic carbocycles. The van der Waals surface area contributed by atoms with E-state index in [0.717, 1.165) is 45.9 Å². The molecule has 1 aliphatic carbocycles. The van der Waals surface area contributed by atoms with Crippen LogP contribution >= 0.6 is 43.6 Å². The van der Waals surface area contributed by atoms with Crippen LogP contribution < -0.4 is 5.32 Å². The lowest BCUT2D eigenvalue weighted by Crippen LogP contribution is -2.50. The Hall–Kier alpha value is -1.31. The summed E-state index contributed by atoms with van der Waals surface area (Å²) in [7, 11) is 0. The van der Waals surface area contributed by atoms with Gasteiger partial charge in [-0.05, 0) is 55.2 Å². The predicted octanol–water partition coefficient (Wildman–Crippen LogP) is 5.92. The summed E-state index contributed by atoms with van der Waals surface area (Å²) in [5, 5.41) is 3.14. The van der Waals surface area contributed by atoms with Crippen LogP contribution in [0.1, 0.15) is 43.7 Å². The molecule has 0 radical (unpaired) electrons. The van der Waals surface area contributed by atoms with E-state index in [-0.39, 0.29) is 17.9 Å². The molecular formula is C24H28Br2N2O2S. The quantitative estimate of drug-likeness (QED) is 0.409. The second-order valence-corrected chi connectivity index (χ2v) is 10.8. The Morgan fingerprint density at radius 1 is 1.00 bits per heavy atom. The molecule has 0 saturated heterocycles. The first kappa shape index (κ1) is 24.3. The topological polar surface area (TPSA) is 49.4 Å². The molecule has 0 spiro atoms. The molecule has 1 N–H and O–H groups in total. The Balaban J connectivity index is 1.64. The lowest BCUT2D eigenvalue weighted by molar-refractivity contribution is -0.138. The van der Waals surface area contributed by atoms with Gasteiger partial charge < -0.3 is 10.2 Å². The Morgan fingerprint density at radius 3 is 2.13 bits per heavy atom. The standard InChI is InChI=1S/C24H28Br2N2O2S/c1-17(24(30)27-22-4-2-3-5-22)28(14-18-6-10-20(25)11-7-18)23(29)16-31-15-19-8-12-21(26)13-9-19/h6-13,17,22H,2-5,14-16H2,1H3,(H,27,30)/t17-/m1/s1. The first-order chi connectivity index (χ1) is 14.9. The molecule has 0 aromatic heterocycles. The molecule has 1 aliphatic rings. The summed E-state index contributed by atoms with van der Waals surface area (Å²) in [6, 6.07) is 15.8. The van der Waals surface area contributed by atoms with Crippen molar-refractivity contribution in [2.45, 2.75) is 57.0 Å². The molecule has 3 rings (SSSR count). The van der Waals surface area contributed by atoms with Crippen molar-refractivity contribution in [3.8, 4) is 0 Å². The summed E-state index contributed by atoms with van der Waals surface area (Å²) in [6.07, 6.45) is 4.38. The van der Waals surface area contributed by atoms with E-state index in [9.17, 15) is 9.59 Å². The van der Waals surface area contributed by atoms with Gasteiger partial charge in [-0.15, -0.1) is 11.8 Å². The number of carbonyl (C=O) groups excluding carboxylic acids is 2. The second kappa shape index (κ2) is 12.1. The van der Waals surface area contributed by atoms with Crippen molar-refractivity contribution >= 4 is 55.4 Å². The normalized spacial score (nSPS) is 14.9. The average molecular weight is 568 g/mol. The predicted molar refractivity (Wildman–Crippen MR) is 135 cm³/mol. The average Bonchev–Trinajstić information content (AvgIpc) is 3.27. The molecule has 7 heteroatoms. The largest absolute Gasteiger partial charge is 0.352 e. The lowest BCUT2D eigenvalue weighted by atomic mass is 10.1. The Bertz CT molecular complexity index is 868. The van der Waals surface area contributed by atoms with Crippen molar-refractivity contribution in [1.29, 1.82) is 0 Å². The van der Waals surface area contributed by atoms with Crippen LogP contribution in [0.2, 0.25) is 0 Å². The highest BCUT2D eigenvalue weighted by atomic mass is 79.9. The molecular weight excluding hydrogens is 540 g/mol. The molecule has 1 atom stereocenters. The van der Waals surface area contributed by atoms with Gasteiger partial charge >= 0.3 is 0 Å². The number of hydrogen-bond donors (Lipinski definition) is 1. The summed E-state index contributed by atoms with van der Waals surface area (Å²) in [6.45, 7) is 2.25. The summed E-state index contributed by atoms with van der Waals surface area (Å²) in [5.74, 6) is 1.02. The molecule has 2 amide bonds. The highest BCUT2D eigenvalue weighted by Crippen LogP contribution is 2.20. The van der Waals surface area contributed by atoms with Crippen molar-refractivity contribution in [2.24, 2.45) is 0 Å². The maximum absolute atomic E-state index is 13.2. The SMILES string of the molecule is C[C@H](C(=O)NC1CCCC1)N(Cc1ccc(Br)cc1)C(=O)CSCc1ccc(Br)cc1. The van der Waals surface area contributed by atoms with E-state index in [1.165, 1.54) is 5.56 Å². The zero-order valence-corrected chi connectivity index (χ0v) is 21.6. The number of benzene rings is 2. The Morgan fingerprint density at radius 2 is 1.55 bits per heavy atom. The third-order valence-corrected chi connectivity index (χ3v) is 7.59. The van der Waals surface area contributed by atoms with Gasteiger partial charge in [0.15, 0.2) is 0 Å². The highest BCUT2D eigenvalue weighted by Gasteiger charge is 2.28. The third kappa shape index (κ3) is 7.65. The summed E-state index contributed by atoms with van der Waals surface area (Å²) < 4.78 is 2.03. The fraction of sp³-hybridized carbons (Fsp3) is 0.417. The van der Waals surface area contributed by atoms with Gasteiger partial charge in [-0.1, -0.05) is 69.0 Å². The van der Waals surface area contributed by atoms with E-state index < -0.39 is 6.04 Å². The van der Waals surface area contributed by atoms with E-state index in [2.05, 4.69) is 49.3 Å². The van der Waals surface area contributed by atoms with Gasteiger partial charge in [0.05, 0.1) is 5.75 Å². The second-order valence-electron chi connectivity index (χ2n) is 7.93. The lowest BCUT2D eigenvalue weighted by Gasteiger charge is -2.29. The van der Waals surface area contributed by atoms with Crippen molar-refractivity contribution in [2.75, 3.05) is 5.75 Å².